The Kier molecular flexibility index (Phi) is 4.05. The molecule has 0 aliphatic rings. The Bertz CT molecular complexity index is 486. The van der Waals surface area contributed by atoms with E-state index in [2.05, 4.69) is 0 Å². The van der Waals surface area contributed by atoms with Crippen LogP contribution in [0.15, 0.2) is 29.2 Å². The van der Waals surface area contributed by atoms with Crippen molar-refractivity contribution < 1.29 is 8.42 Å². The number of sulfonamides is 1. The summed E-state index contributed by atoms with van der Waals surface area (Å²) in [5.41, 5.74) is 0.820. The summed E-state index contributed by atoms with van der Waals surface area (Å²) in [6, 6.07) is 8.42. The van der Waals surface area contributed by atoms with Gasteiger partial charge in [0.2, 0.25) is 10.0 Å². The van der Waals surface area contributed by atoms with E-state index >= 15 is 0 Å². The van der Waals surface area contributed by atoms with Crippen LogP contribution in [0, 0.1) is 11.3 Å². The summed E-state index contributed by atoms with van der Waals surface area (Å²) in [5.74, 6) is 0. The molecule has 0 aromatic heterocycles. The monoisotopic (exact) mass is 238 g/mol. The Balaban J connectivity index is 3.03. The first-order chi connectivity index (χ1) is 7.52. The first-order valence-corrected chi connectivity index (χ1v) is 6.38. The second-order valence-corrected chi connectivity index (χ2v) is 5.44. The van der Waals surface area contributed by atoms with Crippen molar-refractivity contribution in [2.24, 2.45) is 0 Å². The van der Waals surface area contributed by atoms with Crippen molar-refractivity contribution in [1.29, 1.82) is 5.26 Å². The molecule has 0 heterocycles. The van der Waals surface area contributed by atoms with Gasteiger partial charge in [-0.1, -0.05) is 19.1 Å². The molecular weight excluding hydrogens is 224 g/mol. The van der Waals surface area contributed by atoms with Crippen LogP contribution in [0.4, 0.5) is 0 Å². The van der Waals surface area contributed by atoms with E-state index in [1.54, 1.807) is 26.1 Å². The Morgan fingerprint density at radius 3 is 2.31 bits per heavy atom. The summed E-state index contributed by atoms with van der Waals surface area (Å²) >= 11 is 0. The molecule has 1 aromatic rings. The minimum absolute atomic E-state index is 0.263. The van der Waals surface area contributed by atoms with E-state index in [9.17, 15) is 8.42 Å². The highest BCUT2D eigenvalue weighted by molar-refractivity contribution is 7.89. The van der Waals surface area contributed by atoms with Crippen molar-refractivity contribution in [2.75, 3.05) is 13.6 Å². The molecule has 0 saturated carbocycles. The van der Waals surface area contributed by atoms with Gasteiger partial charge in [-0.25, -0.2) is 12.7 Å². The van der Waals surface area contributed by atoms with Gasteiger partial charge in [0.1, 0.15) is 0 Å². The zero-order chi connectivity index (χ0) is 12.2. The number of rotatable bonds is 4. The van der Waals surface area contributed by atoms with Crippen molar-refractivity contribution >= 4 is 10.0 Å². The summed E-state index contributed by atoms with van der Waals surface area (Å²) in [6.07, 6.45) is 0.296. The third kappa shape index (κ3) is 2.60. The minimum Gasteiger partial charge on any atom is -0.207 e. The molecule has 4 nitrogen and oxygen atoms in total. The highest BCUT2D eigenvalue weighted by Crippen LogP contribution is 2.14. The van der Waals surface area contributed by atoms with Gasteiger partial charge < -0.3 is 0 Å². The van der Waals surface area contributed by atoms with Crippen LogP contribution in [0.1, 0.15) is 12.5 Å². The molecule has 0 spiro atoms. The van der Waals surface area contributed by atoms with Crippen molar-refractivity contribution in [3.8, 4) is 6.07 Å². The van der Waals surface area contributed by atoms with Crippen molar-refractivity contribution in [3.63, 3.8) is 0 Å². The van der Waals surface area contributed by atoms with Gasteiger partial charge in [0, 0.05) is 13.6 Å². The zero-order valence-corrected chi connectivity index (χ0v) is 10.2. The lowest BCUT2D eigenvalue weighted by atomic mass is 10.2. The molecule has 5 heteroatoms. The molecular formula is C11H14N2O2S. The molecule has 0 saturated heterocycles. The van der Waals surface area contributed by atoms with Gasteiger partial charge in [-0.2, -0.15) is 5.26 Å². The van der Waals surface area contributed by atoms with Gasteiger partial charge in [0.25, 0.3) is 0 Å². The third-order valence-corrected chi connectivity index (χ3v) is 4.31. The lowest BCUT2D eigenvalue weighted by molar-refractivity contribution is 0.486. The fourth-order valence-electron chi connectivity index (χ4n) is 1.22. The molecule has 86 valence electrons. The van der Waals surface area contributed by atoms with Crippen LogP contribution in [0.5, 0.6) is 0 Å². The second kappa shape index (κ2) is 5.10. The van der Waals surface area contributed by atoms with E-state index < -0.39 is 10.0 Å². The maximum absolute atomic E-state index is 11.9. The summed E-state index contributed by atoms with van der Waals surface area (Å²) in [6.45, 7) is 2.21. The van der Waals surface area contributed by atoms with Crippen LogP contribution < -0.4 is 0 Å². The Hall–Kier alpha value is -1.38. The number of hydrogen-bond donors (Lipinski definition) is 0. The molecule has 0 unspecified atom stereocenters. The van der Waals surface area contributed by atoms with Crippen LogP contribution in [0.3, 0.4) is 0 Å². The van der Waals surface area contributed by atoms with Gasteiger partial charge in [-0.05, 0) is 17.7 Å². The number of hydrogen-bond acceptors (Lipinski definition) is 3. The van der Waals surface area contributed by atoms with Crippen molar-refractivity contribution in [2.45, 2.75) is 18.2 Å². The number of nitriles is 1. The molecule has 0 N–H and O–H groups in total. The fourth-order valence-corrected chi connectivity index (χ4v) is 2.40. The van der Waals surface area contributed by atoms with Gasteiger partial charge in [0.05, 0.1) is 17.4 Å². The standard InChI is InChI=1S/C11H14N2O2S/c1-3-13(2)16(14,15)11-6-4-10(5-7-11)8-9-12/h4-7H,3,8H2,1-2H3. The van der Waals surface area contributed by atoms with E-state index in [-0.39, 0.29) is 4.90 Å². The average molecular weight is 238 g/mol. The first-order valence-electron chi connectivity index (χ1n) is 4.94. The molecule has 0 aliphatic heterocycles. The molecule has 0 fully saturated rings. The Labute approximate surface area is 96.2 Å². The molecule has 1 aromatic carbocycles. The fraction of sp³-hybridized carbons (Fsp3) is 0.364. The summed E-state index contributed by atoms with van der Waals surface area (Å²) in [4.78, 5) is 0.263. The number of benzene rings is 1. The van der Waals surface area contributed by atoms with E-state index in [0.29, 0.717) is 13.0 Å². The van der Waals surface area contributed by atoms with Crippen LogP contribution in [-0.2, 0) is 16.4 Å². The highest BCUT2D eigenvalue weighted by atomic mass is 32.2. The lowest BCUT2D eigenvalue weighted by Crippen LogP contribution is -2.26. The van der Waals surface area contributed by atoms with E-state index in [0.717, 1.165) is 5.56 Å². The number of nitrogens with zero attached hydrogens (tertiary/aromatic N) is 2. The van der Waals surface area contributed by atoms with Gasteiger partial charge >= 0.3 is 0 Å². The normalized spacial score (nSPS) is 11.4. The topological polar surface area (TPSA) is 61.2 Å². The third-order valence-electron chi connectivity index (χ3n) is 2.36. The molecule has 0 aliphatic carbocycles. The zero-order valence-electron chi connectivity index (χ0n) is 9.34. The molecule has 0 radical (unpaired) electrons. The van der Waals surface area contributed by atoms with E-state index in [1.807, 2.05) is 6.07 Å². The van der Waals surface area contributed by atoms with Crippen LogP contribution >= 0.6 is 0 Å². The molecule has 0 atom stereocenters. The second-order valence-electron chi connectivity index (χ2n) is 3.40. The largest absolute Gasteiger partial charge is 0.242 e. The highest BCUT2D eigenvalue weighted by Gasteiger charge is 2.18. The predicted molar refractivity (Wildman–Crippen MR) is 61.2 cm³/mol. The van der Waals surface area contributed by atoms with E-state index in [4.69, 9.17) is 5.26 Å². The van der Waals surface area contributed by atoms with Gasteiger partial charge in [-0.3, -0.25) is 0 Å². The van der Waals surface area contributed by atoms with Crippen LogP contribution in [0.25, 0.3) is 0 Å². The Morgan fingerprint density at radius 1 is 1.31 bits per heavy atom. The summed E-state index contributed by atoms with van der Waals surface area (Å²) in [7, 11) is -1.83. The summed E-state index contributed by atoms with van der Waals surface area (Å²) < 4.78 is 25.1. The predicted octanol–water partition coefficient (Wildman–Crippen LogP) is 1.39. The van der Waals surface area contributed by atoms with Gasteiger partial charge in [0.15, 0.2) is 0 Å². The van der Waals surface area contributed by atoms with Gasteiger partial charge in [-0.15, -0.1) is 0 Å². The summed E-state index contributed by atoms with van der Waals surface area (Å²) in [5, 5.41) is 8.50. The van der Waals surface area contributed by atoms with Crippen LogP contribution in [0.2, 0.25) is 0 Å². The van der Waals surface area contributed by atoms with Crippen molar-refractivity contribution in [1.82, 2.24) is 4.31 Å². The maximum Gasteiger partial charge on any atom is 0.242 e. The van der Waals surface area contributed by atoms with Crippen LogP contribution in [-0.4, -0.2) is 26.3 Å². The molecule has 0 amide bonds. The Morgan fingerprint density at radius 2 is 1.88 bits per heavy atom. The quantitative estimate of drug-likeness (QED) is 0.796. The molecule has 16 heavy (non-hydrogen) atoms. The van der Waals surface area contributed by atoms with E-state index in [1.165, 1.54) is 16.4 Å². The van der Waals surface area contributed by atoms with Crippen molar-refractivity contribution in [3.05, 3.63) is 29.8 Å². The first kappa shape index (κ1) is 12.7. The molecule has 0 bridgehead atoms. The lowest BCUT2D eigenvalue weighted by Gasteiger charge is -2.14. The SMILES string of the molecule is CCN(C)S(=O)(=O)c1ccc(CC#N)cc1. The minimum atomic E-state index is -3.37. The molecule has 1 rings (SSSR count). The average Bonchev–Trinajstić information content (AvgIpc) is 2.29. The smallest absolute Gasteiger partial charge is 0.207 e. The maximum atomic E-state index is 11.9.